The highest BCUT2D eigenvalue weighted by Crippen LogP contribution is 2.34. The number of hydrogen-bond acceptors (Lipinski definition) is 0. The van der Waals surface area contributed by atoms with Gasteiger partial charge in [0.2, 0.25) is 0 Å². The summed E-state index contributed by atoms with van der Waals surface area (Å²) in [4.78, 5) is 0. The molecular weight excluding hydrogens is 396 g/mol. The van der Waals surface area contributed by atoms with Crippen LogP contribution < -0.4 is 0 Å². The predicted molar refractivity (Wildman–Crippen MR) is 145 cm³/mol. The van der Waals surface area contributed by atoms with Crippen molar-refractivity contribution in [2.45, 2.75) is 96.8 Å². The molecule has 33 heavy (non-hydrogen) atoms. The normalized spacial score (nSPS) is 17.8. The Kier molecular flexibility index (Phi) is 11.4. The molecule has 1 saturated carbocycles. The molecule has 1 aliphatic carbocycles. The van der Waals surface area contributed by atoms with Crippen molar-refractivity contribution in [1.82, 2.24) is 0 Å². The minimum Gasteiger partial charge on any atom is -0.103 e. The maximum absolute atomic E-state index is 3.79. The summed E-state index contributed by atoms with van der Waals surface area (Å²) in [6, 6.07) is 17.6. The zero-order chi connectivity index (χ0) is 23.1. The Morgan fingerprint density at radius 2 is 1.21 bits per heavy atom. The molecule has 0 spiro atoms. The van der Waals surface area contributed by atoms with E-state index in [0.717, 1.165) is 35.8 Å². The van der Waals surface area contributed by atoms with Crippen LogP contribution in [0.4, 0.5) is 0 Å². The fourth-order valence-corrected chi connectivity index (χ4v) is 5.14. The highest BCUT2D eigenvalue weighted by Gasteiger charge is 2.20. The van der Waals surface area contributed by atoms with E-state index in [1.807, 2.05) is 6.08 Å². The second-order valence-electron chi connectivity index (χ2n) is 10.1. The SMILES string of the molecule is C=CCCc1ccc(C#Cc2ccc(CCC3CCC(CCCCCCC)CC3)cc2)cc1. The van der Waals surface area contributed by atoms with E-state index < -0.39 is 0 Å². The van der Waals surface area contributed by atoms with Crippen molar-refractivity contribution >= 4 is 0 Å². The standard InChI is InChI=1S/C33H44/c1-3-5-7-8-9-11-29-14-18-31(19-15-29)21-23-33-26-24-32(25-27-33)22-20-30-16-12-28(13-17-30)10-6-4-2/h4,12-13,16-17,24-27,29,31H,2-3,5-11,14-15,18-19,21,23H2,1H3. The molecule has 1 aliphatic rings. The van der Waals surface area contributed by atoms with Gasteiger partial charge in [0.25, 0.3) is 0 Å². The first-order chi connectivity index (χ1) is 16.3. The Bertz CT molecular complexity index is 851. The first-order valence-corrected chi connectivity index (χ1v) is 13.6. The van der Waals surface area contributed by atoms with Crippen LogP contribution in [0.15, 0.2) is 61.2 Å². The molecule has 3 rings (SSSR count). The van der Waals surface area contributed by atoms with Crippen molar-refractivity contribution in [3.63, 3.8) is 0 Å². The van der Waals surface area contributed by atoms with Crippen LogP contribution in [0.2, 0.25) is 0 Å². The van der Waals surface area contributed by atoms with Crippen LogP contribution in [0, 0.1) is 23.7 Å². The third-order valence-corrected chi connectivity index (χ3v) is 7.42. The summed E-state index contributed by atoms with van der Waals surface area (Å²) in [5.74, 6) is 8.59. The van der Waals surface area contributed by atoms with Gasteiger partial charge in [0.1, 0.15) is 0 Å². The molecule has 0 N–H and O–H groups in total. The number of rotatable bonds is 12. The minimum atomic E-state index is 0.940. The topological polar surface area (TPSA) is 0 Å². The number of unbranched alkanes of at least 4 members (excludes halogenated alkanes) is 4. The largest absolute Gasteiger partial charge is 0.103 e. The predicted octanol–water partition coefficient (Wildman–Crippen LogP) is 9.30. The van der Waals surface area contributed by atoms with E-state index in [1.54, 1.807) is 0 Å². The van der Waals surface area contributed by atoms with Gasteiger partial charge in [-0.05, 0) is 72.9 Å². The van der Waals surface area contributed by atoms with E-state index in [1.165, 1.54) is 88.2 Å². The van der Waals surface area contributed by atoms with Crippen LogP contribution >= 0.6 is 0 Å². The molecule has 0 aliphatic heterocycles. The molecular formula is C33H44. The Morgan fingerprint density at radius 3 is 1.76 bits per heavy atom. The Morgan fingerprint density at radius 1 is 0.697 bits per heavy atom. The molecule has 0 heterocycles. The minimum absolute atomic E-state index is 0.940. The van der Waals surface area contributed by atoms with Gasteiger partial charge in [-0.2, -0.15) is 0 Å². The lowest BCUT2D eigenvalue weighted by molar-refractivity contribution is 0.248. The molecule has 2 aromatic carbocycles. The molecule has 0 atom stereocenters. The number of hydrogen-bond donors (Lipinski definition) is 0. The molecule has 0 unspecified atom stereocenters. The summed E-state index contributed by atoms with van der Waals surface area (Å²) in [6.07, 6.45) is 21.1. The third-order valence-electron chi connectivity index (χ3n) is 7.42. The van der Waals surface area contributed by atoms with Crippen molar-refractivity contribution in [2.75, 3.05) is 0 Å². The first kappa shape index (κ1) is 25.4. The molecule has 0 radical (unpaired) electrons. The monoisotopic (exact) mass is 440 g/mol. The van der Waals surface area contributed by atoms with Gasteiger partial charge >= 0.3 is 0 Å². The van der Waals surface area contributed by atoms with Crippen LogP contribution in [0.5, 0.6) is 0 Å². The molecule has 0 bridgehead atoms. The van der Waals surface area contributed by atoms with Crippen LogP contribution in [-0.4, -0.2) is 0 Å². The van der Waals surface area contributed by atoms with E-state index in [2.05, 4.69) is 73.9 Å². The van der Waals surface area contributed by atoms with Gasteiger partial charge in [0.15, 0.2) is 0 Å². The first-order valence-electron chi connectivity index (χ1n) is 13.6. The molecule has 176 valence electrons. The lowest BCUT2D eigenvalue weighted by Gasteiger charge is -2.28. The second kappa shape index (κ2) is 14.8. The Labute approximate surface area is 203 Å². The number of aryl methyl sites for hydroxylation is 2. The van der Waals surface area contributed by atoms with Crippen molar-refractivity contribution in [3.8, 4) is 11.8 Å². The maximum Gasteiger partial charge on any atom is 0.0249 e. The third kappa shape index (κ3) is 9.63. The van der Waals surface area contributed by atoms with Crippen LogP contribution in [0.1, 0.15) is 106 Å². The van der Waals surface area contributed by atoms with Gasteiger partial charge in [0.05, 0.1) is 0 Å². The van der Waals surface area contributed by atoms with Gasteiger partial charge in [-0.25, -0.2) is 0 Å². The summed E-state index contributed by atoms with van der Waals surface area (Å²) in [7, 11) is 0. The second-order valence-corrected chi connectivity index (χ2v) is 10.1. The molecule has 1 fully saturated rings. The molecule has 2 aromatic rings. The van der Waals surface area contributed by atoms with Crippen molar-refractivity contribution in [2.24, 2.45) is 11.8 Å². The van der Waals surface area contributed by atoms with E-state index in [9.17, 15) is 0 Å². The van der Waals surface area contributed by atoms with Gasteiger partial charge in [-0.3, -0.25) is 0 Å². The lowest BCUT2D eigenvalue weighted by atomic mass is 9.77. The Hall–Kier alpha value is -2.26. The fourth-order valence-electron chi connectivity index (χ4n) is 5.14. The van der Waals surface area contributed by atoms with Gasteiger partial charge in [0, 0.05) is 11.1 Å². The zero-order valence-corrected chi connectivity index (χ0v) is 21.0. The van der Waals surface area contributed by atoms with Gasteiger partial charge < -0.3 is 0 Å². The molecule has 0 aromatic heterocycles. The quantitative estimate of drug-likeness (QED) is 0.175. The highest BCUT2D eigenvalue weighted by molar-refractivity contribution is 5.44. The fraction of sp³-hybridized carbons (Fsp3) is 0.515. The summed E-state index contributed by atoms with van der Waals surface area (Å²) >= 11 is 0. The molecule has 0 heteroatoms. The Balaban J connectivity index is 1.36. The van der Waals surface area contributed by atoms with E-state index in [0.29, 0.717) is 0 Å². The summed E-state index contributed by atoms with van der Waals surface area (Å²) in [6.45, 7) is 6.10. The van der Waals surface area contributed by atoms with Crippen molar-refractivity contribution < 1.29 is 0 Å². The summed E-state index contributed by atoms with van der Waals surface area (Å²) in [5, 5.41) is 0. The maximum atomic E-state index is 3.79. The molecule has 0 saturated heterocycles. The van der Waals surface area contributed by atoms with Crippen LogP contribution in [0.25, 0.3) is 0 Å². The smallest absolute Gasteiger partial charge is 0.0249 e. The summed E-state index contributed by atoms with van der Waals surface area (Å²) < 4.78 is 0. The van der Waals surface area contributed by atoms with Crippen molar-refractivity contribution in [1.29, 1.82) is 0 Å². The van der Waals surface area contributed by atoms with Gasteiger partial charge in [-0.1, -0.05) is 113 Å². The zero-order valence-electron chi connectivity index (χ0n) is 21.0. The van der Waals surface area contributed by atoms with Crippen molar-refractivity contribution in [3.05, 3.63) is 83.4 Å². The molecule has 0 amide bonds. The number of allylic oxidation sites excluding steroid dienone is 1. The van der Waals surface area contributed by atoms with E-state index in [4.69, 9.17) is 0 Å². The van der Waals surface area contributed by atoms with E-state index >= 15 is 0 Å². The average Bonchev–Trinajstić information content (AvgIpc) is 2.87. The van der Waals surface area contributed by atoms with Crippen LogP contribution in [0.3, 0.4) is 0 Å². The molecule has 0 nitrogen and oxygen atoms in total. The lowest BCUT2D eigenvalue weighted by Crippen LogP contribution is -2.15. The number of benzene rings is 2. The average molecular weight is 441 g/mol. The van der Waals surface area contributed by atoms with E-state index in [-0.39, 0.29) is 0 Å². The highest BCUT2D eigenvalue weighted by atomic mass is 14.3. The van der Waals surface area contributed by atoms with Gasteiger partial charge in [-0.15, -0.1) is 6.58 Å². The summed E-state index contributed by atoms with van der Waals surface area (Å²) in [5.41, 5.74) is 5.00. The van der Waals surface area contributed by atoms with Crippen LogP contribution in [-0.2, 0) is 12.8 Å².